The van der Waals surface area contributed by atoms with E-state index in [1.807, 2.05) is 54.6 Å². The molecule has 44 heavy (non-hydrogen) atoms. The summed E-state index contributed by atoms with van der Waals surface area (Å²) in [5.41, 5.74) is 8.57. The fourth-order valence-electron chi connectivity index (χ4n) is 6.23. The second kappa shape index (κ2) is 9.82. The molecule has 5 heteroatoms. The Hall–Kier alpha value is -5.94. The molecule has 0 bridgehead atoms. The normalized spacial score (nSPS) is 15.0. The molecular formula is C39H25N3O2. The highest BCUT2D eigenvalue weighted by atomic mass is 16.3. The van der Waals surface area contributed by atoms with Crippen LogP contribution in [0.25, 0.3) is 55.0 Å². The average Bonchev–Trinajstić information content (AvgIpc) is 3.66. The van der Waals surface area contributed by atoms with E-state index in [0.717, 1.165) is 77.5 Å². The van der Waals surface area contributed by atoms with Crippen LogP contribution in [-0.2, 0) is 0 Å². The van der Waals surface area contributed by atoms with Gasteiger partial charge in [0.15, 0.2) is 5.84 Å². The lowest BCUT2D eigenvalue weighted by molar-refractivity contribution is 0.655. The third-order valence-corrected chi connectivity index (χ3v) is 8.35. The summed E-state index contributed by atoms with van der Waals surface area (Å²) in [6.07, 6.45) is -0.355. The Balaban J connectivity index is 1.18. The zero-order valence-electron chi connectivity index (χ0n) is 23.6. The van der Waals surface area contributed by atoms with Crippen molar-refractivity contribution in [1.29, 1.82) is 0 Å². The summed E-state index contributed by atoms with van der Waals surface area (Å²) in [7, 11) is 0. The van der Waals surface area contributed by atoms with E-state index >= 15 is 0 Å². The topological polar surface area (TPSA) is 63.0 Å². The minimum Gasteiger partial charge on any atom is -0.456 e. The first-order valence-electron chi connectivity index (χ1n) is 14.7. The fourth-order valence-corrected chi connectivity index (χ4v) is 6.23. The summed E-state index contributed by atoms with van der Waals surface area (Å²) in [6, 6.07) is 47.5. The summed E-state index contributed by atoms with van der Waals surface area (Å²) < 4.78 is 12.6. The Labute approximate surface area is 252 Å². The first-order chi connectivity index (χ1) is 21.8. The van der Waals surface area contributed by atoms with Crippen molar-refractivity contribution < 1.29 is 8.83 Å². The van der Waals surface area contributed by atoms with E-state index in [1.54, 1.807) is 0 Å². The number of hydrogen-bond acceptors (Lipinski definition) is 5. The van der Waals surface area contributed by atoms with Crippen LogP contribution in [0.3, 0.4) is 0 Å². The summed E-state index contributed by atoms with van der Waals surface area (Å²) in [6.45, 7) is 0. The van der Waals surface area contributed by atoms with Crippen LogP contribution in [0.2, 0.25) is 0 Å². The maximum absolute atomic E-state index is 6.41. The van der Waals surface area contributed by atoms with Crippen LogP contribution in [0.15, 0.2) is 158 Å². The molecule has 1 atom stereocenters. The second-order valence-electron chi connectivity index (χ2n) is 11.0. The monoisotopic (exact) mass is 567 g/mol. The minimum absolute atomic E-state index is 0.355. The van der Waals surface area contributed by atoms with Gasteiger partial charge in [-0.2, -0.15) is 0 Å². The standard InChI is InChI=1S/C39H25N3O2/c1-3-10-24(11-4-1)28-15-9-17-33-36(28)31-21-19-27(23-35(31)44-33)39-41-37(25-12-5-2-6-13-25)40-38(42-39)26-18-20-30-29-14-7-8-16-32(29)43-34(30)22-26/h1-23,38H,(H,40,41,42). The molecule has 0 saturated heterocycles. The summed E-state index contributed by atoms with van der Waals surface area (Å²) in [5.74, 6) is 1.41. The van der Waals surface area contributed by atoms with Gasteiger partial charge in [0.1, 0.15) is 34.3 Å². The fraction of sp³-hybridized carbons (Fsp3) is 0.0256. The van der Waals surface area contributed by atoms with Gasteiger partial charge in [0, 0.05) is 38.2 Å². The molecule has 3 heterocycles. The maximum atomic E-state index is 6.41. The molecule has 0 spiro atoms. The lowest BCUT2D eigenvalue weighted by Gasteiger charge is -2.23. The molecule has 1 aliphatic heterocycles. The Morgan fingerprint density at radius 1 is 0.500 bits per heavy atom. The molecule has 0 aliphatic carbocycles. The van der Waals surface area contributed by atoms with Crippen molar-refractivity contribution in [3.05, 3.63) is 156 Å². The van der Waals surface area contributed by atoms with Crippen molar-refractivity contribution in [1.82, 2.24) is 5.32 Å². The predicted molar refractivity (Wildman–Crippen MR) is 178 cm³/mol. The van der Waals surface area contributed by atoms with Crippen LogP contribution in [0, 0.1) is 0 Å². The van der Waals surface area contributed by atoms with Crippen LogP contribution >= 0.6 is 0 Å². The van der Waals surface area contributed by atoms with Crippen molar-refractivity contribution in [3.8, 4) is 11.1 Å². The summed E-state index contributed by atoms with van der Waals surface area (Å²) in [5, 5.41) is 7.94. The van der Waals surface area contributed by atoms with E-state index in [0.29, 0.717) is 5.84 Å². The van der Waals surface area contributed by atoms with Crippen LogP contribution in [0.4, 0.5) is 0 Å². The molecule has 0 saturated carbocycles. The molecule has 1 aliphatic rings. The SMILES string of the molecule is c1ccc(C2=NC(c3ccc4c(c3)oc3cccc(-c5ccccc5)c34)=NC(c3ccc4c(c3)oc3ccccc34)N2)cc1. The van der Waals surface area contributed by atoms with Gasteiger partial charge in [-0.3, -0.25) is 0 Å². The molecule has 9 rings (SSSR count). The molecule has 0 amide bonds. The van der Waals surface area contributed by atoms with E-state index in [4.69, 9.17) is 18.8 Å². The van der Waals surface area contributed by atoms with Crippen LogP contribution < -0.4 is 5.32 Å². The quantitative estimate of drug-likeness (QED) is 0.230. The number of para-hydroxylation sites is 1. The summed E-state index contributed by atoms with van der Waals surface area (Å²) >= 11 is 0. The number of benzene rings is 6. The van der Waals surface area contributed by atoms with Gasteiger partial charge in [-0.1, -0.05) is 109 Å². The molecule has 0 radical (unpaired) electrons. The minimum atomic E-state index is -0.355. The van der Waals surface area contributed by atoms with Crippen LogP contribution in [0.5, 0.6) is 0 Å². The third-order valence-electron chi connectivity index (χ3n) is 8.35. The van der Waals surface area contributed by atoms with E-state index in [1.165, 1.54) is 0 Å². The number of aliphatic imine (C=N–C) groups is 2. The number of furan rings is 2. The van der Waals surface area contributed by atoms with Gasteiger partial charge in [-0.05, 0) is 41.5 Å². The first-order valence-corrected chi connectivity index (χ1v) is 14.7. The maximum Gasteiger partial charge on any atom is 0.159 e. The molecule has 0 fully saturated rings. The van der Waals surface area contributed by atoms with Gasteiger partial charge >= 0.3 is 0 Å². The van der Waals surface area contributed by atoms with E-state index in [9.17, 15) is 0 Å². The van der Waals surface area contributed by atoms with Crippen molar-refractivity contribution in [2.45, 2.75) is 6.17 Å². The Kier molecular flexibility index (Phi) is 5.50. The number of rotatable bonds is 4. The van der Waals surface area contributed by atoms with E-state index in [2.05, 4.69) is 90.2 Å². The Morgan fingerprint density at radius 2 is 1.18 bits per heavy atom. The van der Waals surface area contributed by atoms with Crippen molar-refractivity contribution in [3.63, 3.8) is 0 Å². The smallest absolute Gasteiger partial charge is 0.159 e. The molecular weight excluding hydrogens is 542 g/mol. The third kappa shape index (κ3) is 4.02. The Morgan fingerprint density at radius 3 is 2.05 bits per heavy atom. The molecule has 8 aromatic rings. The highest BCUT2D eigenvalue weighted by Gasteiger charge is 2.23. The number of nitrogens with zero attached hydrogens (tertiary/aromatic N) is 2. The lowest BCUT2D eigenvalue weighted by atomic mass is 9.99. The van der Waals surface area contributed by atoms with Crippen LogP contribution in [0.1, 0.15) is 22.9 Å². The molecule has 5 nitrogen and oxygen atoms in total. The molecule has 1 unspecified atom stereocenters. The first kappa shape index (κ1) is 24.6. The average molecular weight is 568 g/mol. The number of nitrogens with one attached hydrogen (secondary N) is 1. The van der Waals surface area contributed by atoms with Crippen LogP contribution in [-0.4, -0.2) is 11.7 Å². The molecule has 1 N–H and O–H groups in total. The van der Waals surface area contributed by atoms with Crippen molar-refractivity contribution >= 4 is 55.5 Å². The van der Waals surface area contributed by atoms with Crippen molar-refractivity contribution in [2.24, 2.45) is 9.98 Å². The highest BCUT2D eigenvalue weighted by molar-refractivity contribution is 6.16. The Bertz CT molecular complexity index is 2420. The highest BCUT2D eigenvalue weighted by Crippen LogP contribution is 2.37. The van der Waals surface area contributed by atoms with Gasteiger partial charge in [0.25, 0.3) is 0 Å². The molecule has 6 aromatic carbocycles. The summed E-state index contributed by atoms with van der Waals surface area (Å²) in [4.78, 5) is 10.1. The largest absolute Gasteiger partial charge is 0.456 e. The number of fused-ring (bicyclic) bond motifs is 6. The zero-order valence-corrected chi connectivity index (χ0v) is 23.6. The zero-order chi connectivity index (χ0) is 29.0. The van der Waals surface area contributed by atoms with Gasteiger partial charge < -0.3 is 14.2 Å². The van der Waals surface area contributed by atoms with E-state index in [-0.39, 0.29) is 6.17 Å². The molecule has 2 aromatic heterocycles. The second-order valence-corrected chi connectivity index (χ2v) is 11.0. The molecule has 208 valence electrons. The van der Waals surface area contributed by atoms with Gasteiger partial charge in [0.2, 0.25) is 0 Å². The van der Waals surface area contributed by atoms with Crippen molar-refractivity contribution in [2.75, 3.05) is 0 Å². The van der Waals surface area contributed by atoms with E-state index < -0.39 is 0 Å². The number of hydrogen-bond donors (Lipinski definition) is 1. The lowest BCUT2D eigenvalue weighted by Crippen LogP contribution is -2.33. The van der Waals surface area contributed by atoms with Gasteiger partial charge in [-0.15, -0.1) is 0 Å². The van der Waals surface area contributed by atoms with Gasteiger partial charge in [0.05, 0.1) is 0 Å². The van der Waals surface area contributed by atoms with Gasteiger partial charge in [-0.25, -0.2) is 9.98 Å². The number of amidine groups is 2. The predicted octanol–water partition coefficient (Wildman–Crippen LogP) is 9.65.